The fraction of sp³-hybridized carbons (Fsp3) is 0.167. The average molecular weight is 511 g/mol. The summed E-state index contributed by atoms with van der Waals surface area (Å²) in [6, 6.07) is 16.2. The van der Waals surface area contributed by atoms with Crippen LogP contribution in [-0.4, -0.2) is 24.7 Å². The van der Waals surface area contributed by atoms with Crippen molar-refractivity contribution in [3.63, 3.8) is 0 Å². The Kier molecular flexibility index (Phi) is 7.89. The average Bonchev–Trinajstić information content (AvgIpc) is 3.50. The van der Waals surface area contributed by atoms with Crippen molar-refractivity contribution in [3.8, 4) is 22.6 Å². The second-order valence-corrected chi connectivity index (χ2v) is 7.39. The highest BCUT2D eigenvalue weighted by molar-refractivity contribution is 9.10. The van der Waals surface area contributed by atoms with Crippen molar-refractivity contribution in [2.24, 2.45) is 0 Å². The molecule has 5 aromatic rings. The van der Waals surface area contributed by atoms with Crippen molar-refractivity contribution in [1.82, 2.24) is 24.7 Å². The summed E-state index contributed by atoms with van der Waals surface area (Å²) >= 11 is 3.46. The van der Waals surface area contributed by atoms with E-state index in [9.17, 15) is 4.39 Å². The quantitative estimate of drug-likeness (QED) is 0.286. The molecule has 0 saturated carbocycles. The molecule has 0 bridgehead atoms. The van der Waals surface area contributed by atoms with Gasteiger partial charge in [-0.05, 0) is 33.6 Å². The van der Waals surface area contributed by atoms with Crippen LogP contribution in [0.4, 0.5) is 10.2 Å². The minimum Gasteiger partial charge on any atom is -0.366 e. The molecule has 0 aliphatic rings. The zero-order valence-electron chi connectivity index (χ0n) is 17.5. The highest BCUT2D eigenvalue weighted by Gasteiger charge is 2.14. The molecule has 2 aromatic carbocycles. The Morgan fingerprint density at radius 3 is 2.55 bits per heavy atom. The molecule has 0 aliphatic carbocycles. The Morgan fingerprint density at radius 1 is 1.09 bits per heavy atom. The normalized spacial score (nSPS) is 10.3. The topological polar surface area (TPSA) is 81.1 Å². The number of nitrogens with one attached hydrogen (secondary N) is 1. The van der Waals surface area contributed by atoms with Crippen molar-refractivity contribution in [2.45, 2.75) is 27.8 Å². The number of fused-ring (bicyclic) bond motifs is 1. The molecule has 3 aromatic heterocycles. The number of benzene rings is 2. The van der Waals surface area contributed by atoms with E-state index < -0.39 is 0 Å². The van der Waals surface area contributed by atoms with Crippen molar-refractivity contribution < 1.29 is 8.91 Å². The number of hydrogen-bond acceptors (Lipinski definition) is 6. The lowest BCUT2D eigenvalue weighted by Crippen LogP contribution is -2.07. The van der Waals surface area contributed by atoms with Gasteiger partial charge in [-0.3, -0.25) is 0 Å². The first-order chi connectivity index (χ1) is 15.7. The summed E-state index contributed by atoms with van der Waals surface area (Å²) in [4.78, 5) is 8.62. The van der Waals surface area contributed by atoms with Crippen LogP contribution in [0.3, 0.4) is 0 Å². The highest BCUT2D eigenvalue weighted by atomic mass is 79.9. The van der Waals surface area contributed by atoms with Gasteiger partial charge in [0.25, 0.3) is 0 Å². The van der Waals surface area contributed by atoms with E-state index in [2.05, 4.69) is 41.5 Å². The molecule has 7 nitrogen and oxygen atoms in total. The Bertz CT molecular complexity index is 1320. The van der Waals surface area contributed by atoms with E-state index in [1.165, 1.54) is 12.5 Å². The van der Waals surface area contributed by atoms with Gasteiger partial charge in [-0.2, -0.15) is 14.6 Å². The van der Waals surface area contributed by atoms with Gasteiger partial charge >= 0.3 is 0 Å². The van der Waals surface area contributed by atoms with Crippen LogP contribution in [0, 0.1) is 5.82 Å². The van der Waals surface area contributed by atoms with Crippen LogP contribution < -0.4 is 5.32 Å². The van der Waals surface area contributed by atoms with E-state index in [1.54, 1.807) is 35.0 Å². The van der Waals surface area contributed by atoms with Crippen LogP contribution in [0.25, 0.3) is 28.3 Å². The molecule has 33 heavy (non-hydrogen) atoms. The Morgan fingerprint density at radius 2 is 1.85 bits per heavy atom. The van der Waals surface area contributed by atoms with E-state index in [-0.39, 0.29) is 13.2 Å². The predicted octanol–water partition coefficient (Wildman–Crippen LogP) is 6.62. The fourth-order valence-electron chi connectivity index (χ4n) is 3.13. The van der Waals surface area contributed by atoms with Gasteiger partial charge in [-0.15, -0.1) is 0 Å². The van der Waals surface area contributed by atoms with Gasteiger partial charge in [0.1, 0.15) is 11.6 Å². The molecule has 0 unspecified atom stereocenters. The Balaban J connectivity index is 0.000000994. The Labute approximate surface area is 199 Å². The maximum Gasteiger partial charge on any atom is 0.214 e. The summed E-state index contributed by atoms with van der Waals surface area (Å²) in [6.45, 7) is 4.54. The van der Waals surface area contributed by atoms with Gasteiger partial charge in [0.2, 0.25) is 12.2 Å². The number of aromatic nitrogens is 5. The first-order valence-electron chi connectivity index (χ1n) is 10.1. The minimum absolute atomic E-state index is 0. The lowest BCUT2D eigenvalue weighted by molar-refractivity contribution is 0.419. The fourth-order valence-corrected chi connectivity index (χ4v) is 3.48. The molecular formula is C24H24BrFN6O. The highest BCUT2D eigenvalue weighted by Crippen LogP contribution is 2.27. The molecular weight excluding hydrogens is 487 g/mol. The predicted molar refractivity (Wildman–Crippen MR) is 131 cm³/mol. The van der Waals surface area contributed by atoms with E-state index in [0.29, 0.717) is 35.1 Å². The van der Waals surface area contributed by atoms with Crippen molar-refractivity contribution in [1.29, 1.82) is 0 Å². The number of hydrogen-bond donors (Lipinski definition) is 1. The minimum atomic E-state index is -0.326. The summed E-state index contributed by atoms with van der Waals surface area (Å²) in [5, 5.41) is 11.6. The summed E-state index contributed by atoms with van der Waals surface area (Å²) in [7, 11) is 0. The van der Waals surface area contributed by atoms with E-state index in [1.807, 2.05) is 38.1 Å². The summed E-state index contributed by atoms with van der Waals surface area (Å²) in [5.41, 5.74) is 3.48. The smallest absolute Gasteiger partial charge is 0.214 e. The molecule has 5 rings (SSSR count). The zero-order chi connectivity index (χ0) is 22.5. The van der Waals surface area contributed by atoms with E-state index in [4.69, 9.17) is 4.52 Å². The van der Waals surface area contributed by atoms with Gasteiger partial charge in [-0.25, -0.2) is 9.37 Å². The van der Waals surface area contributed by atoms with Gasteiger partial charge in [0.15, 0.2) is 5.65 Å². The third kappa shape index (κ3) is 5.09. The molecule has 0 radical (unpaired) electrons. The van der Waals surface area contributed by atoms with E-state index in [0.717, 1.165) is 15.6 Å². The molecule has 0 aliphatic heterocycles. The second kappa shape index (κ2) is 10.8. The van der Waals surface area contributed by atoms with Crippen LogP contribution in [0.1, 0.15) is 26.8 Å². The third-order valence-electron chi connectivity index (χ3n) is 4.63. The molecule has 3 heterocycles. The van der Waals surface area contributed by atoms with Crippen molar-refractivity contribution in [2.75, 3.05) is 5.32 Å². The maximum atomic E-state index is 14.3. The van der Waals surface area contributed by atoms with Crippen LogP contribution in [0.2, 0.25) is 0 Å². The zero-order valence-corrected chi connectivity index (χ0v) is 19.0. The molecule has 1 N–H and O–H groups in total. The molecule has 0 fully saturated rings. The number of anilines is 1. The molecule has 9 heteroatoms. The molecule has 0 saturated heterocycles. The SMILES string of the molecule is C.CC.Fc1ccccc1-c1cc(NCc2ccc(-c3ncon3)cc2)n2ncc(Br)c2n1. The second-order valence-electron chi connectivity index (χ2n) is 6.54. The number of halogens is 2. The molecule has 0 atom stereocenters. The first-order valence-corrected chi connectivity index (χ1v) is 10.9. The lowest BCUT2D eigenvalue weighted by Gasteiger charge is -2.11. The van der Waals surface area contributed by atoms with Gasteiger partial charge < -0.3 is 9.84 Å². The molecule has 0 spiro atoms. The van der Waals surface area contributed by atoms with Crippen molar-refractivity contribution >= 4 is 27.4 Å². The van der Waals surface area contributed by atoms with Crippen LogP contribution >= 0.6 is 15.9 Å². The monoisotopic (exact) mass is 510 g/mol. The lowest BCUT2D eigenvalue weighted by atomic mass is 10.1. The van der Waals surface area contributed by atoms with Crippen LogP contribution in [0.15, 0.2) is 76.2 Å². The van der Waals surface area contributed by atoms with Gasteiger partial charge in [-0.1, -0.05) is 62.8 Å². The van der Waals surface area contributed by atoms with Gasteiger partial charge in [0, 0.05) is 23.7 Å². The Hall–Kier alpha value is -3.59. The summed E-state index contributed by atoms with van der Waals surface area (Å²) < 4.78 is 21.5. The number of rotatable bonds is 5. The van der Waals surface area contributed by atoms with Crippen LogP contribution in [0.5, 0.6) is 0 Å². The van der Waals surface area contributed by atoms with Crippen molar-refractivity contribution in [3.05, 3.63) is 83.0 Å². The molecule has 170 valence electrons. The third-order valence-corrected chi connectivity index (χ3v) is 5.19. The van der Waals surface area contributed by atoms with Gasteiger partial charge in [0.05, 0.1) is 16.4 Å². The summed E-state index contributed by atoms with van der Waals surface area (Å²) in [5.74, 6) is 0.917. The summed E-state index contributed by atoms with van der Waals surface area (Å²) in [6.07, 6.45) is 2.97. The molecule has 0 amide bonds. The largest absolute Gasteiger partial charge is 0.366 e. The first kappa shape index (κ1) is 24.1. The standard InChI is InChI=1S/C21H14BrFN6O.C2H6.CH4/c22-16-11-26-29-19(9-18(27-21(16)29)15-3-1-2-4-17(15)23)24-10-13-5-7-14(8-6-13)20-25-12-30-28-20;1-2;/h1-9,11-12,24H,10H2;1-2H3;1H4. The number of nitrogens with zero attached hydrogens (tertiary/aromatic N) is 5. The van der Waals surface area contributed by atoms with E-state index >= 15 is 0 Å². The van der Waals surface area contributed by atoms with Crippen LogP contribution in [-0.2, 0) is 6.54 Å². The maximum absolute atomic E-state index is 14.3.